The Balaban J connectivity index is 2.14. The Morgan fingerprint density at radius 2 is 1.65 bits per heavy atom. The molecule has 0 heterocycles. The van der Waals surface area contributed by atoms with E-state index in [-0.39, 0.29) is 17.1 Å². The number of rotatable bonds is 9. The lowest BCUT2D eigenvalue weighted by molar-refractivity contribution is -0.385. The summed E-state index contributed by atoms with van der Waals surface area (Å²) in [5, 5.41) is 14.0. The first kappa shape index (κ1) is 23.7. The zero-order valence-corrected chi connectivity index (χ0v) is 18.1. The molecule has 1 amide bonds. The van der Waals surface area contributed by atoms with Crippen LogP contribution in [-0.2, 0) is 9.53 Å². The van der Waals surface area contributed by atoms with E-state index in [1.807, 2.05) is 12.1 Å². The van der Waals surface area contributed by atoms with Crippen LogP contribution in [0.2, 0.25) is 0 Å². The van der Waals surface area contributed by atoms with E-state index >= 15 is 0 Å². The van der Waals surface area contributed by atoms with Gasteiger partial charge in [-0.3, -0.25) is 14.9 Å². The van der Waals surface area contributed by atoms with Crippen molar-refractivity contribution in [2.24, 2.45) is 0 Å². The van der Waals surface area contributed by atoms with Crippen molar-refractivity contribution >= 4 is 23.3 Å². The van der Waals surface area contributed by atoms with Crippen LogP contribution in [0.5, 0.6) is 11.5 Å². The van der Waals surface area contributed by atoms with Gasteiger partial charge < -0.3 is 19.5 Å². The predicted molar refractivity (Wildman–Crippen MR) is 115 cm³/mol. The van der Waals surface area contributed by atoms with Crippen LogP contribution in [0, 0.1) is 10.1 Å². The molecule has 2 aromatic carbocycles. The smallest absolute Gasteiger partial charge is 0.346 e. The van der Waals surface area contributed by atoms with Crippen molar-refractivity contribution in [2.75, 3.05) is 19.5 Å². The fourth-order valence-corrected chi connectivity index (χ4v) is 2.83. The molecule has 0 radical (unpaired) electrons. The molecule has 1 N–H and O–H groups in total. The molecule has 0 aromatic heterocycles. The van der Waals surface area contributed by atoms with Gasteiger partial charge in [0.15, 0.2) is 17.6 Å². The van der Waals surface area contributed by atoms with Crippen molar-refractivity contribution in [3.63, 3.8) is 0 Å². The van der Waals surface area contributed by atoms with Crippen molar-refractivity contribution in [3.05, 3.63) is 57.6 Å². The van der Waals surface area contributed by atoms with Crippen LogP contribution in [0.4, 0.5) is 11.4 Å². The van der Waals surface area contributed by atoms with Gasteiger partial charge in [-0.25, -0.2) is 4.79 Å². The minimum absolute atomic E-state index is 0.0948. The Morgan fingerprint density at radius 1 is 1.06 bits per heavy atom. The van der Waals surface area contributed by atoms with Crippen LogP contribution in [0.1, 0.15) is 49.0 Å². The van der Waals surface area contributed by atoms with E-state index in [9.17, 15) is 19.7 Å². The number of hydrogen-bond acceptors (Lipinski definition) is 7. The van der Waals surface area contributed by atoms with E-state index < -0.39 is 28.6 Å². The molecule has 0 bridgehead atoms. The third kappa shape index (κ3) is 5.71. The molecule has 0 aliphatic carbocycles. The molecule has 0 saturated carbocycles. The monoisotopic (exact) mass is 430 g/mol. The van der Waals surface area contributed by atoms with Crippen molar-refractivity contribution in [1.29, 1.82) is 0 Å². The molecule has 2 aromatic rings. The van der Waals surface area contributed by atoms with E-state index in [1.54, 1.807) is 12.1 Å². The highest BCUT2D eigenvalue weighted by Crippen LogP contribution is 2.35. The summed E-state index contributed by atoms with van der Waals surface area (Å²) >= 11 is 0. The van der Waals surface area contributed by atoms with Gasteiger partial charge in [0, 0.05) is 11.8 Å². The summed E-state index contributed by atoms with van der Waals surface area (Å²) in [6.07, 6.45) is -0.185. The van der Waals surface area contributed by atoms with Gasteiger partial charge in [0.2, 0.25) is 0 Å². The molecular formula is C22H26N2O7. The van der Waals surface area contributed by atoms with Gasteiger partial charge in [-0.15, -0.1) is 0 Å². The van der Waals surface area contributed by atoms with Gasteiger partial charge >= 0.3 is 5.97 Å². The third-order valence-electron chi connectivity index (χ3n) is 4.93. The number of ether oxygens (including phenoxy) is 3. The summed E-state index contributed by atoms with van der Waals surface area (Å²) in [5.41, 5.74) is 0.842. The first-order valence-corrected chi connectivity index (χ1v) is 9.74. The van der Waals surface area contributed by atoms with Crippen LogP contribution in [0.15, 0.2) is 36.4 Å². The van der Waals surface area contributed by atoms with Crippen molar-refractivity contribution in [1.82, 2.24) is 0 Å². The summed E-state index contributed by atoms with van der Waals surface area (Å²) in [4.78, 5) is 35.6. The highest BCUT2D eigenvalue weighted by atomic mass is 16.6. The fraction of sp³-hybridized carbons (Fsp3) is 0.364. The van der Waals surface area contributed by atoms with Gasteiger partial charge in [-0.2, -0.15) is 0 Å². The summed E-state index contributed by atoms with van der Waals surface area (Å²) in [6.45, 7) is 5.59. The molecular weight excluding hydrogens is 404 g/mol. The number of nitro groups is 1. The standard InChI is InChI=1S/C22H26N2O7/c1-6-13(2)15-7-9-16(10-8-15)23-21(25)14(3)31-22(26)17-11-19(29-4)20(30-5)12-18(17)24(27)28/h7-14H,6H2,1-5H3,(H,23,25)/t13-,14+/m1/s1. The quantitative estimate of drug-likeness (QED) is 0.358. The molecule has 2 atom stereocenters. The Hall–Kier alpha value is -3.62. The molecule has 31 heavy (non-hydrogen) atoms. The lowest BCUT2D eigenvalue weighted by atomic mass is 9.99. The number of esters is 1. The molecule has 0 unspecified atom stereocenters. The average molecular weight is 430 g/mol. The highest BCUT2D eigenvalue weighted by molar-refractivity contribution is 5.99. The lowest BCUT2D eigenvalue weighted by Crippen LogP contribution is -2.30. The zero-order valence-electron chi connectivity index (χ0n) is 18.1. The van der Waals surface area contributed by atoms with Gasteiger partial charge in [0.25, 0.3) is 11.6 Å². The molecule has 9 nitrogen and oxygen atoms in total. The number of methoxy groups -OCH3 is 2. The Morgan fingerprint density at radius 3 is 2.16 bits per heavy atom. The van der Waals surface area contributed by atoms with Crippen molar-refractivity contribution in [3.8, 4) is 11.5 Å². The topological polar surface area (TPSA) is 117 Å². The first-order chi connectivity index (χ1) is 14.7. The van der Waals surface area contributed by atoms with Crippen LogP contribution >= 0.6 is 0 Å². The SMILES string of the molecule is CC[C@@H](C)c1ccc(NC(=O)[C@H](C)OC(=O)c2cc(OC)c(OC)cc2[N+](=O)[O-])cc1. The largest absolute Gasteiger partial charge is 0.493 e. The van der Waals surface area contributed by atoms with Crippen molar-refractivity contribution in [2.45, 2.75) is 39.2 Å². The maximum Gasteiger partial charge on any atom is 0.346 e. The maximum absolute atomic E-state index is 12.6. The number of anilines is 1. The number of carbonyl (C=O) groups is 2. The molecule has 0 spiro atoms. The fourth-order valence-electron chi connectivity index (χ4n) is 2.83. The van der Waals surface area contributed by atoms with E-state index in [0.717, 1.165) is 24.1 Å². The van der Waals surface area contributed by atoms with Crippen molar-refractivity contribution < 1.29 is 28.7 Å². The van der Waals surface area contributed by atoms with Crippen LogP contribution in [0.3, 0.4) is 0 Å². The number of nitrogens with one attached hydrogen (secondary N) is 1. The van der Waals surface area contributed by atoms with E-state index in [4.69, 9.17) is 14.2 Å². The zero-order chi connectivity index (χ0) is 23.1. The number of hydrogen-bond donors (Lipinski definition) is 1. The Labute approximate surface area is 180 Å². The minimum atomic E-state index is -1.19. The van der Waals surface area contributed by atoms with Gasteiger partial charge in [0.05, 0.1) is 25.2 Å². The summed E-state index contributed by atoms with van der Waals surface area (Å²) in [5.74, 6) is -0.965. The second-order valence-corrected chi connectivity index (χ2v) is 6.95. The second kappa shape index (κ2) is 10.4. The van der Waals surface area contributed by atoms with Gasteiger partial charge in [-0.1, -0.05) is 26.0 Å². The van der Waals surface area contributed by atoms with Crippen LogP contribution in [-0.4, -0.2) is 37.1 Å². The molecule has 166 valence electrons. The number of nitrogens with zero attached hydrogens (tertiary/aromatic N) is 1. The summed E-state index contributed by atoms with van der Waals surface area (Å²) in [7, 11) is 2.66. The van der Waals surface area contributed by atoms with Gasteiger partial charge in [0.1, 0.15) is 5.56 Å². The third-order valence-corrected chi connectivity index (χ3v) is 4.93. The molecule has 9 heteroatoms. The number of amides is 1. The molecule has 2 rings (SSSR count). The summed E-state index contributed by atoms with van der Waals surface area (Å²) in [6, 6.07) is 9.61. The van der Waals surface area contributed by atoms with E-state index in [2.05, 4.69) is 19.2 Å². The lowest BCUT2D eigenvalue weighted by Gasteiger charge is -2.15. The molecule has 0 fully saturated rings. The second-order valence-electron chi connectivity index (χ2n) is 6.95. The number of benzene rings is 2. The highest BCUT2D eigenvalue weighted by Gasteiger charge is 2.28. The normalized spacial score (nSPS) is 12.4. The maximum atomic E-state index is 12.6. The van der Waals surface area contributed by atoms with E-state index in [0.29, 0.717) is 11.6 Å². The Bertz CT molecular complexity index is 957. The molecule has 0 saturated heterocycles. The average Bonchev–Trinajstić information content (AvgIpc) is 2.77. The van der Waals surface area contributed by atoms with Crippen LogP contribution < -0.4 is 14.8 Å². The van der Waals surface area contributed by atoms with Gasteiger partial charge in [-0.05, 0) is 37.0 Å². The van der Waals surface area contributed by atoms with Crippen LogP contribution in [0.25, 0.3) is 0 Å². The predicted octanol–water partition coefficient (Wildman–Crippen LogP) is 4.31. The summed E-state index contributed by atoms with van der Waals surface area (Å²) < 4.78 is 15.3. The Kier molecular flexibility index (Phi) is 7.95. The number of nitro benzene ring substituents is 1. The first-order valence-electron chi connectivity index (χ1n) is 9.74. The molecule has 0 aliphatic rings. The minimum Gasteiger partial charge on any atom is -0.493 e. The van der Waals surface area contributed by atoms with E-state index in [1.165, 1.54) is 21.1 Å². The number of carbonyl (C=O) groups excluding carboxylic acids is 2. The molecule has 0 aliphatic heterocycles.